The van der Waals surface area contributed by atoms with Gasteiger partial charge in [0.25, 0.3) is 0 Å². The normalized spacial score (nSPS) is 18.1. The number of rotatable bonds is 4. The molecule has 1 aliphatic rings. The highest BCUT2D eigenvalue weighted by Gasteiger charge is 2.47. The molecule has 1 aliphatic carbocycles. The fourth-order valence-electron chi connectivity index (χ4n) is 2.18. The summed E-state index contributed by atoms with van der Waals surface area (Å²) in [6, 6.07) is 6.84. The van der Waals surface area contributed by atoms with E-state index in [4.69, 9.17) is 5.73 Å². The molecule has 1 aromatic rings. The van der Waals surface area contributed by atoms with E-state index < -0.39 is 0 Å². The Morgan fingerprint density at radius 3 is 2.40 bits per heavy atom. The van der Waals surface area contributed by atoms with Crippen LogP contribution in [-0.2, 0) is 5.54 Å². The van der Waals surface area contributed by atoms with Crippen molar-refractivity contribution in [3.63, 3.8) is 0 Å². The van der Waals surface area contributed by atoms with Crippen LogP contribution in [-0.4, -0.2) is 25.0 Å². The largest absolute Gasteiger partial charge is 0.329 e. The van der Waals surface area contributed by atoms with Crippen LogP contribution in [0.15, 0.2) is 24.3 Å². The molecule has 0 atom stereocenters. The van der Waals surface area contributed by atoms with Gasteiger partial charge in [-0.25, -0.2) is 4.39 Å². The molecule has 0 unspecified atom stereocenters. The highest BCUT2D eigenvalue weighted by molar-refractivity contribution is 5.30. The molecule has 0 radical (unpaired) electrons. The Labute approximate surface area is 89.9 Å². The van der Waals surface area contributed by atoms with Gasteiger partial charge in [0.1, 0.15) is 5.82 Å². The molecule has 0 saturated heterocycles. The van der Waals surface area contributed by atoms with Gasteiger partial charge in [0, 0.05) is 18.6 Å². The average Bonchev–Trinajstić information content (AvgIpc) is 3.00. The predicted octanol–water partition coefficient (Wildman–Crippen LogP) is 1.71. The minimum absolute atomic E-state index is 0.132. The van der Waals surface area contributed by atoms with Gasteiger partial charge in [-0.05, 0) is 37.6 Å². The average molecular weight is 208 g/mol. The maximum Gasteiger partial charge on any atom is 0.123 e. The Hall–Kier alpha value is -0.930. The van der Waals surface area contributed by atoms with Crippen molar-refractivity contribution in [1.29, 1.82) is 0 Å². The summed E-state index contributed by atoms with van der Waals surface area (Å²) in [5.74, 6) is -0.170. The second-order valence-corrected chi connectivity index (χ2v) is 4.25. The highest BCUT2D eigenvalue weighted by Crippen LogP contribution is 2.50. The van der Waals surface area contributed by atoms with Gasteiger partial charge in [0.05, 0.1) is 0 Å². The van der Waals surface area contributed by atoms with E-state index in [0.29, 0.717) is 6.54 Å². The first-order valence-electron chi connectivity index (χ1n) is 5.36. The first kappa shape index (κ1) is 10.6. The third-order valence-corrected chi connectivity index (χ3v) is 3.30. The highest BCUT2D eigenvalue weighted by atomic mass is 19.1. The zero-order chi connectivity index (χ0) is 10.9. The smallest absolute Gasteiger partial charge is 0.123 e. The molecule has 2 rings (SSSR count). The lowest BCUT2D eigenvalue weighted by molar-refractivity contribution is 0.229. The summed E-state index contributed by atoms with van der Waals surface area (Å²) in [4.78, 5) is 2.28. The van der Waals surface area contributed by atoms with Crippen LogP contribution in [0.2, 0.25) is 0 Å². The number of halogens is 1. The Kier molecular flexibility index (Phi) is 2.76. The van der Waals surface area contributed by atoms with Gasteiger partial charge in [-0.3, -0.25) is 4.90 Å². The van der Waals surface area contributed by atoms with E-state index >= 15 is 0 Å². The van der Waals surface area contributed by atoms with Gasteiger partial charge in [0.2, 0.25) is 0 Å². The molecule has 1 fully saturated rings. The molecule has 0 aliphatic heterocycles. The lowest BCUT2D eigenvalue weighted by Gasteiger charge is -2.28. The third-order valence-electron chi connectivity index (χ3n) is 3.30. The second-order valence-electron chi connectivity index (χ2n) is 4.25. The van der Waals surface area contributed by atoms with Crippen LogP contribution in [0, 0.1) is 5.82 Å². The van der Waals surface area contributed by atoms with E-state index in [1.54, 1.807) is 0 Å². The summed E-state index contributed by atoms with van der Waals surface area (Å²) in [5, 5.41) is 0. The van der Waals surface area contributed by atoms with E-state index in [0.717, 1.165) is 19.4 Å². The molecule has 0 aromatic heterocycles. The molecular weight excluding hydrogens is 191 g/mol. The molecular formula is C12H17FN2. The second kappa shape index (κ2) is 3.91. The summed E-state index contributed by atoms with van der Waals surface area (Å²) >= 11 is 0. The van der Waals surface area contributed by atoms with E-state index in [-0.39, 0.29) is 11.4 Å². The molecule has 0 amide bonds. The molecule has 1 aromatic carbocycles. The van der Waals surface area contributed by atoms with Gasteiger partial charge >= 0.3 is 0 Å². The van der Waals surface area contributed by atoms with E-state index in [1.165, 1.54) is 17.7 Å². The van der Waals surface area contributed by atoms with E-state index in [2.05, 4.69) is 11.9 Å². The zero-order valence-corrected chi connectivity index (χ0v) is 9.04. The van der Waals surface area contributed by atoms with Crippen LogP contribution in [0.25, 0.3) is 0 Å². The van der Waals surface area contributed by atoms with Crippen LogP contribution in [0.4, 0.5) is 4.39 Å². The molecule has 2 nitrogen and oxygen atoms in total. The van der Waals surface area contributed by atoms with E-state index in [9.17, 15) is 4.39 Å². The summed E-state index contributed by atoms with van der Waals surface area (Å²) in [6.07, 6.45) is 2.30. The van der Waals surface area contributed by atoms with Crippen LogP contribution in [0.5, 0.6) is 0 Å². The van der Waals surface area contributed by atoms with Crippen LogP contribution >= 0.6 is 0 Å². The first-order chi connectivity index (χ1) is 7.19. The Morgan fingerprint density at radius 1 is 1.33 bits per heavy atom. The molecule has 2 N–H and O–H groups in total. The standard InChI is InChI=1S/C12H17FN2/c1-15(9-8-14)12(6-7-12)10-2-4-11(13)5-3-10/h2-5H,6-9,14H2,1H3. The molecule has 3 heteroatoms. The van der Waals surface area contributed by atoms with Gasteiger partial charge in [-0.2, -0.15) is 0 Å². The Morgan fingerprint density at radius 2 is 1.93 bits per heavy atom. The van der Waals surface area contributed by atoms with Crippen molar-refractivity contribution < 1.29 is 4.39 Å². The lowest BCUT2D eigenvalue weighted by atomic mass is 10.0. The first-order valence-corrected chi connectivity index (χ1v) is 5.36. The van der Waals surface area contributed by atoms with Gasteiger partial charge in [0.15, 0.2) is 0 Å². The number of hydrogen-bond acceptors (Lipinski definition) is 2. The maximum atomic E-state index is 12.8. The fraction of sp³-hybridized carbons (Fsp3) is 0.500. The SMILES string of the molecule is CN(CCN)C1(c2ccc(F)cc2)CC1. The summed E-state index contributed by atoms with van der Waals surface area (Å²) < 4.78 is 12.8. The summed E-state index contributed by atoms with van der Waals surface area (Å²) in [6.45, 7) is 1.55. The predicted molar refractivity (Wildman–Crippen MR) is 59.0 cm³/mol. The molecule has 0 bridgehead atoms. The van der Waals surface area contributed by atoms with Crippen molar-refractivity contribution >= 4 is 0 Å². The van der Waals surface area contributed by atoms with Gasteiger partial charge in [-0.1, -0.05) is 12.1 Å². The minimum atomic E-state index is -0.170. The number of nitrogens with two attached hydrogens (primary N) is 1. The van der Waals surface area contributed by atoms with Gasteiger partial charge in [-0.15, -0.1) is 0 Å². The van der Waals surface area contributed by atoms with Crippen molar-refractivity contribution in [2.45, 2.75) is 18.4 Å². The lowest BCUT2D eigenvalue weighted by Crippen LogP contribution is -2.35. The van der Waals surface area contributed by atoms with Gasteiger partial charge < -0.3 is 5.73 Å². The minimum Gasteiger partial charge on any atom is -0.329 e. The van der Waals surface area contributed by atoms with Crippen LogP contribution in [0.3, 0.4) is 0 Å². The van der Waals surface area contributed by atoms with Crippen molar-refractivity contribution in [2.75, 3.05) is 20.1 Å². The summed E-state index contributed by atoms with van der Waals surface area (Å²) in [7, 11) is 2.09. The number of benzene rings is 1. The monoisotopic (exact) mass is 208 g/mol. The maximum absolute atomic E-state index is 12.8. The van der Waals surface area contributed by atoms with Crippen molar-refractivity contribution in [1.82, 2.24) is 4.90 Å². The fourth-order valence-corrected chi connectivity index (χ4v) is 2.18. The molecule has 15 heavy (non-hydrogen) atoms. The van der Waals surface area contributed by atoms with Crippen LogP contribution < -0.4 is 5.73 Å². The Balaban J connectivity index is 2.19. The third kappa shape index (κ3) is 1.90. The number of likely N-dealkylation sites (N-methyl/N-ethyl adjacent to an activating group) is 1. The molecule has 1 saturated carbocycles. The molecule has 0 spiro atoms. The number of hydrogen-bond donors (Lipinski definition) is 1. The summed E-state index contributed by atoms with van der Waals surface area (Å²) in [5.41, 5.74) is 6.89. The topological polar surface area (TPSA) is 29.3 Å². The van der Waals surface area contributed by atoms with E-state index in [1.807, 2.05) is 12.1 Å². The quantitative estimate of drug-likeness (QED) is 0.816. The zero-order valence-electron chi connectivity index (χ0n) is 9.04. The molecule has 82 valence electrons. The number of nitrogens with zero attached hydrogens (tertiary/aromatic N) is 1. The van der Waals surface area contributed by atoms with Crippen LogP contribution in [0.1, 0.15) is 18.4 Å². The Bertz CT molecular complexity index is 330. The van der Waals surface area contributed by atoms with Crippen molar-refractivity contribution in [3.8, 4) is 0 Å². The molecule has 0 heterocycles. The van der Waals surface area contributed by atoms with Crippen molar-refractivity contribution in [2.24, 2.45) is 5.73 Å². The van der Waals surface area contributed by atoms with Crippen molar-refractivity contribution in [3.05, 3.63) is 35.6 Å².